The second-order valence-electron chi connectivity index (χ2n) is 8.16. The van der Waals surface area contributed by atoms with Gasteiger partial charge in [0, 0.05) is 25.6 Å². The lowest BCUT2D eigenvalue weighted by Crippen LogP contribution is -2.42. The second kappa shape index (κ2) is 10.4. The molecule has 1 heterocycles. The maximum Gasteiger partial charge on any atom is 0.321 e. The fraction of sp³-hybridized carbons (Fsp3) is 0.714. The molecule has 0 spiro atoms. The number of allylic oxidation sites excluding steroid dienone is 1. The van der Waals surface area contributed by atoms with E-state index in [4.69, 9.17) is 4.74 Å². The summed E-state index contributed by atoms with van der Waals surface area (Å²) < 4.78 is 5.03. The third kappa shape index (κ3) is 6.30. The fourth-order valence-corrected chi connectivity index (χ4v) is 4.39. The average molecular weight is 405 g/mol. The molecule has 160 valence electrons. The standard InChI is InChI=1S/C21H31N3O5/c25-18(23-21(28)22-11-10-15-6-2-1-3-7-15)14-29-20(27)16-12-19(26)24(13-16)17-8-4-5-9-17/h6,16-17H,1-5,7-14H2,(H2,22,23,25,28)/t16-/m0/s1. The number of rotatable bonds is 7. The van der Waals surface area contributed by atoms with Crippen LogP contribution in [0.25, 0.3) is 0 Å². The molecule has 3 aliphatic rings. The number of hydrogen-bond donors (Lipinski definition) is 2. The monoisotopic (exact) mass is 405 g/mol. The number of amides is 4. The number of carbonyl (C=O) groups is 4. The van der Waals surface area contributed by atoms with Gasteiger partial charge >= 0.3 is 12.0 Å². The molecule has 2 fully saturated rings. The maximum atomic E-state index is 12.2. The Morgan fingerprint density at radius 3 is 2.66 bits per heavy atom. The van der Waals surface area contributed by atoms with Gasteiger partial charge in [0.15, 0.2) is 6.61 Å². The molecule has 29 heavy (non-hydrogen) atoms. The molecule has 0 unspecified atom stereocenters. The number of esters is 1. The average Bonchev–Trinajstić information content (AvgIpc) is 3.36. The number of ether oxygens (including phenoxy) is 1. The Balaban J connectivity index is 1.31. The van der Waals surface area contributed by atoms with Crippen LogP contribution in [-0.2, 0) is 19.1 Å². The first-order valence-corrected chi connectivity index (χ1v) is 10.7. The molecular formula is C21H31N3O5. The van der Waals surface area contributed by atoms with Gasteiger partial charge in [-0.1, -0.05) is 24.5 Å². The number of hydrogen-bond acceptors (Lipinski definition) is 5. The quantitative estimate of drug-likeness (QED) is 0.498. The van der Waals surface area contributed by atoms with Crippen LogP contribution in [0.3, 0.4) is 0 Å². The van der Waals surface area contributed by atoms with Crippen molar-refractivity contribution in [1.29, 1.82) is 0 Å². The van der Waals surface area contributed by atoms with Crippen molar-refractivity contribution in [2.75, 3.05) is 19.7 Å². The van der Waals surface area contributed by atoms with Crippen molar-refractivity contribution >= 4 is 23.8 Å². The highest BCUT2D eigenvalue weighted by atomic mass is 16.5. The molecule has 8 nitrogen and oxygen atoms in total. The number of likely N-dealkylation sites (tertiary alicyclic amines) is 1. The molecule has 2 N–H and O–H groups in total. The summed E-state index contributed by atoms with van der Waals surface area (Å²) >= 11 is 0. The van der Waals surface area contributed by atoms with E-state index in [9.17, 15) is 19.2 Å². The van der Waals surface area contributed by atoms with Gasteiger partial charge in [-0.05, 0) is 44.9 Å². The van der Waals surface area contributed by atoms with E-state index in [1.807, 2.05) is 0 Å². The van der Waals surface area contributed by atoms with Gasteiger partial charge in [-0.25, -0.2) is 4.79 Å². The van der Waals surface area contributed by atoms with Gasteiger partial charge in [-0.3, -0.25) is 19.7 Å². The molecule has 0 aromatic carbocycles. The summed E-state index contributed by atoms with van der Waals surface area (Å²) in [4.78, 5) is 49.8. The van der Waals surface area contributed by atoms with Crippen molar-refractivity contribution in [3.05, 3.63) is 11.6 Å². The minimum Gasteiger partial charge on any atom is -0.455 e. The minimum atomic E-state index is -0.676. The summed E-state index contributed by atoms with van der Waals surface area (Å²) in [6.45, 7) is 0.303. The van der Waals surface area contributed by atoms with E-state index in [-0.39, 0.29) is 18.4 Å². The van der Waals surface area contributed by atoms with Gasteiger partial charge in [0.05, 0.1) is 5.92 Å². The Labute approximate surface area is 171 Å². The van der Waals surface area contributed by atoms with E-state index in [1.165, 1.54) is 18.4 Å². The molecule has 4 amide bonds. The SMILES string of the molecule is O=C(COC(=O)[C@H]1CC(=O)N(C2CCCC2)C1)NC(=O)NCCC1=CCCCC1. The maximum absolute atomic E-state index is 12.2. The third-order valence-electron chi connectivity index (χ3n) is 5.97. The molecule has 0 radical (unpaired) electrons. The van der Waals surface area contributed by atoms with E-state index in [1.54, 1.807) is 4.90 Å². The van der Waals surface area contributed by atoms with Crippen LogP contribution in [0, 0.1) is 5.92 Å². The van der Waals surface area contributed by atoms with Crippen LogP contribution < -0.4 is 10.6 Å². The summed E-state index contributed by atoms with van der Waals surface area (Å²) in [5.41, 5.74) is 1.34. The Morgan fingerprint density at radius 2 is 1.93 bits per heavy atom. The summed E-state index contributed by atoms with van der Waals surface area (Å²) in [5.74, 6) is -1.78. The Hall–Kier alpha value is -2.38. The topological polar surface area (TPSA) is 105 Å². The van der Waals surface area contributed by atoms with E-state index in [2.05, 4.69) is 16.7 Å². The molecule has 0 aromatic rings. The van der Waals surface area contributed by atoms with Crippen molar-refractivity contribution in [3.8, 4) is 0 Å². The number of nitrogens with zero attached hydrogens (tertiary/aromatic N) is 1. The van der Waals surface area contributed by atoms with Crippen LogP contribution in [0.2, 0.25) is 0 Å². The first-order valence-electron chi connectivity index (χ1n) is 10.7. The zero-order valence-corrected chi connectivity index (χ0v) is 16.9. The zero-order chi connectivity index (χ0) is 20.6. The Bertz CT molecular complexity index is 669. The Kier molecular flexibility index (Phi) is 7.66. The largest absolute Gasteiger partial charge is 0.455 e. The van der Waals surface area contributed by atoms with Gasteiger partial charge < -0.3 is 15.0 Å². The minimum absolute atomic E-state index is 0.0178. The first-order chi connectivity index (χ1) is 14.0. The highest BCUT2D eigenvalue weighted by molar-refractivity contribution is 5.96. The smallest absolute Gasteiger partial charge is 0.321 e. The van der Waals surface area contributed by atoms with Gasteiger partial charge in [0.25, 0.3) is 5.91 Å². The molecular weight excluding hydrogens is 374 g/mol. The molecule has 1 saturated heterocycles. The molecule has 3 rings (SSSR count). The van der Waals surface area contributed by atoms with Crippen molar-refractivity contribution in [2.45, 2.75) is 70.3 Å². The lowest BCUT2D eigenvalue weighted by atomic mass is 9.97. The fourth-order valence-electron chi connectivity index (χ4n) is 4.39. The van der Waals surface area contributed by atoms with E-state index < -0.39 is 30.4 Å². The first kappa shape index (κ1) is 21.3. The number of carbonyl (C=O) groups excluding carboxylic acids is 4. The van der Waals surface area contributed by atoms with Crippen LogP contribution in [0.5, 0.6) is 0 Å². The van der Waals surface area contributed by atoms with Crippen molar-refractivity contribution in [1.82, 2.24) is 15.5 Å². The number of imide groups is 1. The summed E-state index contributed by atoms with van der Waals surface area (Å²) in [6.07, 6.45) is 11.9. The lowest BCUT2D eigenvalue weighted by Gasteiger charge is -2.23. The highest BCUT2D eigenvalue weighted by Crippen LogP contribution is 2.29. The van der Waals surface area contributed by atoms with Crippen LogP contribution in [-0.4, -0.2) is 54.5 Å². The van der Waals surface area contributed by atoms with Crippen molar-refractivity contribution in [2.24, 2.45) is 5.92 Å². The molecule has 8 heteroatoms. The second-order valence-corrected chi connectivity index (χ2v) is 8.16. The Morgan fingerprint density at radius 1 is 1.14 bits per heavy atom. The summed E-state index contributed by atoms with van der Waals surface area (Å²) in [5, 5.41) is 4.81. The summed E-state index contributed by atoms with van der Waals surface area (Å²) in [6, 6.07) is -0.359. The van der Waals surface area contributed by atoms with Gasteiger partial charge in [-0.2, -0.15) is 0 Å². The van der Waals surface area contributed by atoms with Crippen LogP contribution >= 0.6 is 0 Å². The van der Waals surface area contributed by atoms with Crippen LogP contribution in [0.1, 0.15) is 64.2 Å². The summed E-state index contributed by atoms with van der Waals surface area (Å²) in [7, 11) is 0. The van der Waals surface area contributed by atoms with Gasteiger partial charge in [-0.15, -0.1) is 0 Å². The van der Waals surface area contributed by atoms with Crippen molar-refractivity contribution in [3.63, 3.8) is 0 Å². The lowest BCUT2D eigenvalue weighted by molar-refractivity contribution is -0.152. The predicted octanol–water partition coefficient (Wildman–Crippen LogP) is 2.04. The van der Waals surface area contributed by atoms with Crippen molar-refractivity contribution < 1.29 is 23.9 Å². The van der Waals surface area contributed by atoms with E-state index in [0.29, 0.717) is 13.1 Å². The number of nitrogens with one attached hydrogen (secondary N) is 2. The van der Waals surface area contributed by atoms with Gasteiger partial charge in [0.1, 0.15) is 0 Å². The normalized spacial score (nSPS) is 22.3. The number of urea groups is 1. The molecule has 0 bridgehead atoms. The van der Waals surface area contributed by atoms with Gasteiger partial charge in [0.2, 0.25) is 5.91 Å². The zero-order valence-electron chi connectivity index (χ0n) is 16.9. The third-order valence-corrected chi connectivity index (χ3v) is 5.97. The van der Waals surface area contributed by atoms with E-state index >= 15 is 0 Å². The molecule has 1 atom stereocenters. The van der Waals surface area contributed by atoms with Crippen LogP contribution in [0.15, 0.2) is 11.6 Å². The molecule has 2 aliphatic carbocycles. The molecule has 1 aliphatic heterocycles. The predicted molar refractivity (Wildman–Crippen MR) is 106 cm³/mol. The highest BCUT2D eigenvalue weighted by Gasteiger charge is 2.39. The van der Waals surface area contributed by atoms with E-state index in [0.717, 1.165) is 44.9 Å². The molecule has 0 aromatic heterocycles. The van der Waals surface area contributed by atoms with Crippen LogP contribution in [0.4, 0.5) is 4.79 Å². The molecule has 1 saturated carbocycles.